The van der Waals surface area contributed by atoms with E-state index in [4.69, 9.17) is 9.47 Å². The van der Waals surface area contributed by atoms with Crippen molar-refractivity contribution in [3.05, 3.63) is 24.3 Å². The van der Waals surface area contributed by atoms with E-state index in [1.807, 2.05) is 0 Å². The molecule has 48 heavy (non-hydrogen) atoms. The fraction of sp³-hybridized carbons (Fsp3) is 0.860. The highest BCUT2D eigenvalue weighted by atomic mass is 16.5. The maximum atomic E-state index is 12.4. The topological polar surface area (TPSA) is 55.8 Å². The number of esters is 2. The number of hydrogen-bond donors (Lipinski definition) is 0. The van der Waals surface area contributed by atoms with Gasteiger partial charge in [-0.3, -0.25) is 9.59 Å². The van der Waals surface area contributed by atoms with Gasteiger partial charge in [0.25, 0.3) is 0 Å². The molecule has 1 aliphatic heterocycles. The Morgan fingerprint density at radius 2 is 0.771 bits per heavy atom. The second-order valence-corrected chi connectivity index (χ2v) is 14.8. The lowest BCUT2D eigenvalue weighted by Crippen LogP contribution is -2.25. The standard InChI is InChI=1S/C43H79NO4/c1-4-6-8-10-12-14-16-18-20-22-24-26-28-30-32-34-42(45)47-38-40-36-44(3)37-41(40)39-48-43(46)35-33-31-29-27-25-23-21-19-17-15-13-11-9-7-5-2/h18-21,40-41H,4-17,22-39H2,1-3H3/b20-18+,21-19+/t40-,41-/m0/s1. The summed E-state index contributed by atoms with van der Waals surface area (Å²) in [5.74, 6) is 0.311. The van der Waals surface area contributed by atoms with E-state index >= 15 is 0 Å². The van der Waals surface area contributed by atoms with E-state index in [-0.39, 0.29) is 23.8 Å². The van der Waals surface area contributed by atoms with Crippen molar-refractivity contribution in [2.24, 2.45) is 11.8 Å². The molecule has 0 aromatic rings. The molecule has 1 saturated heterocycles. The van der Waals surface area contributed by atoms with Crippen molar-refractivity contribution in [2.75, 3.05) is 33.4 Å². The van der Waals surface area contributed by atoms with Crippen LogP contribution in [0.25, 0.3) is 0 Å². The molecule has 1 heterocycles. The van der Waals surface area contributed by atoms with Crippen molar-refractivity contribution in [1.29, 1.82) is 0 Å². The van der Waals surface area contributed by atoms with Crippen LogP contribution in [-0.2, 0) is 19.1 Å². The number of unbranched alkanes of at least 4 members (excludes halogenated alkanes) is 22. The van der Waals surface area contributed by atoms with Crippen molar-refractivity contribution in [3.63, 3.8) is 0 Å². The summed E-state index contributed by atoms with van der Waals surface area (Å²) in [6.07, 6.45) is 43.1. The van der Waals surface area contributed by atoms with Gasteiger partial charge >= 0.3 is 11.9 Å². The molecule has 0 N–H and O–H groups in total. The molecule has 0 aliphatic carbocycles. The average Bonchev–Trinajstić information content (AvgIpc) is 3.45. The summed E-state index contributed by atoms with van der Waals surface area (Å²) in [6, 6.07) is 0. The summed E-state index contributed by atoms with van der Waals surface area (Å²) in [5.41, 5.74) is 0. The summed E-state index contributed by atoms with van der Waals surface area (Å²) < 4.78 is 11.3. The first-order chi connectivity index (χ1) is 23.6. The summed E-state index contributed by atoms with van der Waals surface area (Å²) in [7, 11) is 2.09. The van der Waals surface area contributed by atoms with Gasteiger partial charge in [-0.05, 0) is 71.3 Å². The molecular weight excluding hydrogens is 594 g/mol. The molecule has 0 unspecified atom stereocenters. The van der Waals surface area contributed by atoms with Crippen molar-refractivity contribution in [3.8, 4) is 0 Å². The monoisotopic (exact) mass is 674 g/mol. The predicted molar refractivity (Wildman–Crippen MR) is 205 cm³/mol. The Morgan fingerprint density at radius 1 is 0.479 bits per heavy atom. The van der Waals surface area contributed by atoms with Crippen molar-refractivity contribution >= 4 is 11.9 Å². The van der Waals surface area contributed by atoms with Crippen molar-refractivity contribution in [1.82, 2.24) is 4.90 Å². The minimum Gasteiger partial charge on any atom is -0.465 e. The van der Waals surface area contributed by atoms with Gasteiger partial charge in [0.05, 0.1) is 13.2 Å². The summed E-state index contributed by atoms with van der Waals surface area (Å²) >= 11 is 0. The predicted octanol–water partition coefficient (Wildman–Crippen LogP) is 12.3. The molecule has 0 amide bonds. The lowest BCUT2D eigenvalue weighted by atomic mass is 9.98. The zero-order valence-corrected chi connectivity index (χ0v) is 32.2. The van der Waals surface area contributed by atoms with Crippen LogP contribution in [0.4, 0.5) is 0 Å². The second-order valence-electron chi connectivity index (χ2n) is 14.8. The number of carbonyl (C=O) groups excluding carboxylic acids is 2. The van der Waals surface area contributed by atoms with E-state index < -0.39 is 0 Å². The first-order valence-corrected chi connectivity index (χ1v) is 20.9. The van der Waals surface area contributed by atoms with Gasteiger partial charge in [-0.15, -0.1) is 0 Å². The number of rotatable bonds is 34. The number of nitrogens with zero attached hydrogens (tertiary/aromatic N) is 1. The third-order valence-electron chi connectivity index (χ3n) is 9.96. The lowest BCUT2D eigenvalue weighted by Gasteiger charge is -2.18. The second kappa shape index (κ2) is 33.9. The van der Waals surface area contributed by atoms with Crippen molar-refractivity contribution < 1.29 is 19.1 Å². The fourth-order valence-electron chi connectivity index (χ4n) is 6.78. The van der Waals surface area contributed by atoms with Crippen LogP contribution in [-0.4, -0.2) is 50.2 Å². The molecule has 0 saturated carbocycles. The van der Waals surface area contributed by atoms with E-state index in [0.717, 1.165) is 38.8 Å². The van der Waals surface area contributed by atoms with Crippen molar-refractivity contribution in [2.45, 2.75) is 194 Å². The largest absolute Gasteiger partial charge is 0.465 e. The van der Waals surface area contributed by atoms with Crippen LogP contribution in [0.15, 0.2) is 24.3 Å². The number of allylic oxidation sites excluding steroid dienone is 4. The van der Waals surface area contributed by atoms with E-state index in [9.17, 15) is 9.59 Å². The third-order valence-corrected chi connectivity index (χ3v) is 9.96. The van der Waals surface area contributed by atoms with Gasteiger partial charge in [0, 0.05) is 37.8 Å². The molecule has 5 heteroatoms. The van der Waals surface area contributed by atoms with Crippen LogP contribution >= 0.6 is 0 Å². The molecule has 1 fully saturated rings. The van der Waals surface area contributed by atoms with Crippen LogP contribution in [0.2, 0.25) is 0 Å². The third kappa shape index (κ3) is 28.2. The normalized spacial score (nSPS) is 16.8. The van der Waals surface area contributed by atoms with Gasteiger partial charge in [-0.25, -0.2) is 0 Å². The Kier molecular flexibility index (Phi) is 31.3. The van der Waals surface area contributed by atoms with Crippen LogP contribution in [0.1, 0.15) is 194 Å². The minimum atomic E-state index is -0.0814. The Bertz CT molecular complexity index is 730. The Labute approximate surface area is 298 Å². The maximum absolute atomic E-state index is 12.4. The van der Waals surface area contributed by atoms with E-state index in [0.29, 0.717) is 26.1 Å². The highest BCUT2D eigenvalue weighted by Gasteiger charge is 2.32. The molecule has 0 aromatic carbocycles. The molecule has 0 bridgehead atoms. The zero-order chi connectivity index (χ0) is 34.8. The first-order valence-electron chi connectivity index (χ1n) is 20.9. The summed E-state index contributed by atoms with van der Waals surface area (Å²) in [5, 5.41) is 0. The van der Waals surface area contributed by atoms with Crippen LogP contribution in [0.3, 0.4) is 0 Å². The average molecular weight is 674 g/mol. The number of ether oxygens (including phenoxy) is 2. The Balaban J connectivity index is 1.98. The van der Waals surface area contributed by atoms with Gasteiger partial charge in [-0.1, -0.05) is 141 Å². The number of hydrogen-bond acceptors (Lipinski definition) is 5. The quantitative estimate of drug-likeness (QED) is 0.0386. The maximum Gasteiger partial charge on any atom is 0.305 e. The molecular formula is C43H79NO4. The molecule has 280 valence electrons. The van der Waals surface area contributed by atoms with Crippen LogP contribution in [0.5, 0.6) is 0 Å². The van der Waals surface area contributed by atoms with Gasteiger partial charge < -0.3 is 14.4 Å². The van der Waals surface area contributed by atoms with E-state index in [1.54, 1.807) is 0 Å². The Hall–Kier alpha value is -1.62. The molecule has 1 aliphatic rings. The molecule has 2 atom stereocenters. The zero-order valence-electron chi connectivity index (χ0n) is 32.2. The Morgan fingerprint density at radius 3 is 1.10 bits per heavy atom. The highest BCUT2D eigenvalue weighted by molar-refractivity contribution is 5.69. The lowest BCUT2D eigenvalue weighted by molar-refractivity contribution is -0.149. The highest BCUT2D eigenvalue weighted by Crippen LogP contribution is 2.24. The SMILES string of the molecule is CCCCCCCC/C=C/CCCCCCCC(=O)OC[C@@H]1CN(C)C[C@H]1COC(=O)CCCCCCC/C=C/CCCCCCCC. The smallest absolute Gasteiger partial charge is 0.305 e. The van der Waals surface area contributed by atoms with Gasteiger partial charge in [0.1, 0.15) is 0 Å². The van der Waals surface area contributed by atoms with Crippen LogP contribution < -0.4 is 0 Å². The van der Waals surface area contributed by atoms with Gasteiger partial charge in [0.2, 0.25) is 0 Å². The minimum absolute atomic E-state index is 0.0814. The summed E-state index contributed by atoms with van der Waals surface area (Å²) in [6.45, 7) is 7.18. The molecule has 0 spiro atoms. The summed E-state index contributed by atoms with van der Waals surface area (Å²) in [4.78, 5) is 27.0. The van der Waals surface area contributed by atoms with E-state index in [2.05, 4.69) is 50.1 Å². The first kappa shape index (κ1) is 44.4. The molecule has 5 nitrogen and oxygen atoms in total. The number of likely N-dealkylation sites (tertiary alicyclic amines) is 1. The van der Waals surface area contributed by atoms with Gasteiger partial charge in [-0.2, -0.15) is 0 Å². The molecule has 0 aromatic heterocycles. The van der Waals surface area contributed by atoms with E-state index in [1.165, 1.54) is 141 Å². The molecule has 1 rings (SSSR count). The molecule has 0 radical (unpaired) electrons. The van der Waals surface area contributed by atoms with Gasteiger partial charge in [0.15, 0.2) is 0 Å². The van der Waals surface area contributed by atoms with Crippen LogP contribution in [0, 0.1) is 11.8 Å². The number of carbonyl (C=O) groups is 2. The fourth-order valence-corrected chi connectivity index (χ4v) is 6.78.